The number of rotatable bonds is 10. The van der Waals surface area contributed by atoms with E-state index in [1.165, 1.54) is 0 Å². The Morgan fingerprint density at radius 2 is 1.89 bits per heavy atom. The number of methoxy groups -OCH3 is 1. The molecule has 200 valence electrons. The summed E-state index contributed by atoms with van der Waals surface area (Å²) in [5.74, 6) is 0.540. The van der Waals surface area contributed by atoms with Gasteiger partial charge < -0.3 is 29.2 Å². The van der Waals surface area contributed by atoms with Gasteiger partial charge >= 0.3 is 0 Å². The number of likely N-dealkylation sites (N-methyl/N-ethyl adjacent to an activating group) is 1. The molecule has 1 heterocycles. The van der Waals surface area contributed by atoms with Crippen LogP contribution in [-0.4, -0.2) is 97.1 Å². The van der Waals surface area contributed by atoms with Crippen molar-refractivity contribution in [1.82, 2.24) is 9.80 Å². The predicted molar refractivity (Wildman–Crippen MR) is 154 cm³/mol. The molecule has 0 bridgehead atoms. The molecule has 1 N–H and O–H groups in total. The molecule has 3 rings (SSSR count). The van der Waals surface area contributed by atoms with Crippen LogP contribution in [-0.2, 0) is 20.8 Å². The first kappa shape index (κ1) is 30.0. The summed E-state index contributed by atoms with van der Waals surface area (Å²) < 4.78 is 13.8. The molecular formula is C24H31Br4N3O5. The minimum absolute atomic E-state index is 0.169. The normalized spacial score (nSPS) is 25.6. The number of aliphatic hydroxyl groups excluding tert-OH is 1. The lowest BCUT2D eigenvalue weighted by Gasteiger charge is -2.39. The van der Waals surface area contributed by atoms with Gasteiger partial charge in [0.05, 0.1) is 20.4 Å². The first-order chi connectivity index (χ1) is 17.0. The third-order valence-corrected chi connectivity index (χ3v) is 8.99. The second-order valence-corrected chi connectivity index (χ2v) is 12.9. The smallest absolute Gasteiger partial charge is 0.271 e. The summed E-state index contributed by atoms with van der Waals surface area (Å²) in [6.45, 7) is 2.07. The molecule has 2 aliphatic rings. The molecule has 1 amide bonds. The van der Waals surface area contributed by atoms with Gasteiger partial charge in [-0.25, -0.2) is 0 Å². The highest BCUT2D eigenvalue weighted by Gasteiger charge is 2.54. The third-order valence-electron chi connectivity index (χ3n) is 6.15. The fourth-order valence-electron chi connectivity index (χ4n) is 4.12. The number of carbonyl (C=O) groups is 1. The van der Waals surface area contributed by atoms with Crippen molar-refractivity contribution in [3.63, 3.8) is 0 Å². The number of carbonyl (C=O) groups excluding carboxylic acids is 1. The molecule has 0 radical (unpaired) electrons. The van der Waals surface area contributed by atoms with Crippen LogP contribution < -0.4 is 4.74 Å². The van der Waals surface area contributed by atoms with E-state index in [-0.39, 0.29) is 24.1 Å². The van der Waals surface area contributed by atoms with Gasteiger partial charge in [0.2, 0.25) is 0 Å². The van der Waals surface area contributed by atoms with Gasteiger partial charge in [-0.2, -0.15) is 0 Å². The molecule has 36 heavy (non-hydrogen) atoms. The van der Waals surface area contributed by atoms with Gasteiger partial charge in [0, 0.05) is 38.2 Å². The van der Waals surface area contributed by atoms with Crippen molar-refractivity contribution in [2.45, 2.75) is 41.9 Å². The molecule has 8 nitrogen and oxygen atoms in total. The van der Waals surface area contributed by atoms with Crippen molar-refractivity contribution in [3.05, 3.63) is 37.2 Å². The first-order valence-corrected chi connectivity index (χ1v) is 14.8. The molecule has 4 atom stereocenters. The lowest BCUT2D eigenvalue weighted by molar-refractivity contribution is -0.123. The van der Waals surface area contributed by atoms with E-state index in [2.05, 4.69) is 73.8 Å². The van der Waals surface area contributed by atoms with E-state index >= 15 is 0 Å². The first-order valence-electron chi connectivity index (χ1n) is 11.5. The van der Waals surface area contributed by atoms with Crippen LogP contribution in [0.2, 0.25) is 0 Å². The molecule has 1 spiro atoms. The van der Waals surface area contributed by atoms with Crippen LogP contribution in [0.4, 0.5) is 0 Å². The molecular weight excluding hydrogens is 730 g/mol. The maximum atomic E-state index is 13.1. The quantitative estimate of drug-likeness (QED) is 0.280. The number of amides is 1. The number of aliphatic hydroxyl groups is 1. The van der Waals surface area contributed by atoms with Gasteiger partial charge in [-0.05, 0) is 82.6 Å². The van der Waals surface area contributed by atoms with Crippen molar-refractivity contribution in [2.24, 2.45) is 5.16 Å². The minimum Gasteiger partial charge on any atom is -0.491 e. The highest BCUT2D eigenvalue weighted by atomic mass is 79.9. The summed E-state index contributed by atoms with van der Waals surface area (Å²) in [5.41, 5.74) is 0.205. The van der Waals surface area contributed by atoms with Crippen LogP contribution in [0, 0.1) is 0 Å². The molecule has 0 saturated carbocycles. The standard InChI is InChI=1S/C24H31Br4N3O5/c1-30(2)7-5-9-35-20-15(25)10-14(11-16(20)26)6-8-31(3)23(33)18-13-24(36-29-18)12-17(27)21(34-4)19(28)22(24)32/h10-12,19,21-22,32H,5-9,13H2,1-4H3. The molecule has 12 heteroatoms. The van der Waals surface area contributed by atoms with Crippen LogP contribution in [0.1, 0.15) is 18.4 Å². The summed E-state index contributed by atoms with van der Waals surface area (Å²) >= 11 is 14.2. The summed E-state index contributed by atoms with van der Waals surface area (Å²) in [4.78, 5) is 22.1. The van der Waals surface area contributed by atoms with E-state index in [1.54, 1.807) is 25.1 Å². The zero-order valence-corrected chi connectivity index (χ0v) is 27.0. The van der Waals surface area contributed by atoms with Gasteiger partial charge in [-0.3, -0.25) is 4.79 Å². The van der Waals surface area contributed by atoms with E-state index in [9.17, 15) is 9.90 Å². The fraction of sp³-hybridized carbons (Fsp3) is 0.583. The van der Waals surface area contributed by atoms with Gasteiger partial charge in [-0.15, -0.1) is 0 Å². The number of halogens is 4. The summed E-state index contributed by atoms with van der Waals surface area (Å²) in [5, 5.41) is 14.9. The number of alkyl halides is 1. The summed E-state index contributed by atoms with van der Waals surface area (Å²) in [7, 11) is 7.38. The monoisotopic (exact) mass is 757 g/mol. The lowest BCUT2D eigenvalue weighted by atomic mass is 9.83. The van der Waals surface area contributed by atoms with Gasteiger partial charge in [0.15, 0.2) is 5.60 Å². The zero-order chi connectivity index (χ0) is 26.6. The average Bonchev–Trinajstić information content (AvgIpc) is 3.24. The Morgan fingerprint density at radius 1 is 1.22 bits per heavy atom. The maximum Gasteiger partial charge on any atom is 0.271 e. The second-order valence-electron chi connectivity index (χ2n) is 9.21. The Labute approximate surface area is 245 Å². The predicted octanol–water partition coefficient (Wildman–Crippen LogP) is 4.49. The Kier molecular flexibility index (Phi) is 10.9. The summed E-state index contributed by atoms with van der Waals surface area (Å²) in [6.07, 6.45) is 2.19. The average molecular weight is 761 g/mol. The summed E-state index contributed by atoms with van der Waals surface area (Å²) in [6, 6.07) is 4.03. The molecule has 0 saturated heterocycles. The van der Waals surface area contributed by atoms with E-state index in [0.717, 1.165) is 37.7 Å². The SMILES string of the molecule is COC1C(Br)=CC2(CC(C(=O)N(C)CCc3cc(Br)c(OCCCN(C)C)c(Br)c3)=NO2)C(O)C1Br. The number of oxime groups is 1. The molecule has 0 fully saturated rings. The largest absolute Gasteiger partial charge is 0.491 e. The Morgan fingerprint density at radius 3 is 2.50 bits per heavy atom. The molecule has 4 unspecified atom stereocenters. The second kappa shape index (κ2) is 13.0. The van der Waals surface area contributed by atoms with Gasteiger partial charge in [0.1, 0.15) is 23.7 Å². The van der Waals surface area contributed by atoms with Crippen molar-refractivity contribution in [2.75, 3.05) is 47.9 Å². The van der Waals surface area contributed by atoms with Gasteiger partial charge in [0.25, 0.3) is 5.91 Å². The number of hydrogen-bond acceptors (Lipinski definition) is 7. The highest BCUT2D eigenvalue weighted by Crippen LogP contribution is 2.42. The van der Waals surface area contributed by atoms with Crippen molar-refractivity contribution in [1.29, 1.82) is 0 Å². The van der Waals surface area contributed by atoms with Crippen LogP contribution >= 0.6 is 63.7 Å². The van der Waals surface area contributed by atoms with Crippen molar-refractivity contribution in [3.8, 4) is 5.75 Å². The Hall–Kier alpha value is -0.500. The molecule has 1 aromatic rings. The number of nitrogens with zero attached hydrogens (tertiary/aromatic N) is 3. The maximum absolute atomic E-state index is 13.1. The van der Waals surface area contributed by atoms with Gasteiger partial charge in [-0.1, -0.05) is 37.0 Å². The third kappa shape index (κ3) is 6.92. The van der Waals surface area contributed by atoms with E-state index < -0.39 is 16.5 Å². The Balaban J connectivity index is 1.58. The highest BCUT2D eigenvalue weighted by molar-refractivity contribution is 9.12. The zero-order valence-electron chi connectivity index (χ0n) is 20.6. The fourth-order valence-corrected chi connectivity index (χ4v) is 7.79. The molecule has 0 aromatic heterocycles. The van der Waals surface area contributed by atoms with Crippen LogP contribution in [0.3, 0.4) is 0 Å². The molecule has 1 aromatic carbocycles. The Bertz CT molecular complexity index is 998. The lowest BCUT2D eigenvalue weighted by Crippen LogP contribution is -2.54. The van der Waals surface area contributed by atoms with Crippen LogP contribution in [0.5, 0.6) is 5.75 Å². The van der Waals surface area contributed by atoms with Crippen molar-refractivity contribution < 1.29 is 24.2 Å². The molecule has 1 aliphatic carbocycles. The van der Waals surface area contributed by atoms with Crippen LogP contribution in [0.15, 0.2) is 36.8 Å². The minimum atomic E-state index is -1.12. The molecule has 1 aliphatic heterocycles. The number of hydrogen-bond donors (Lipinski definition) is 1. The number of ether oxygens (including phenoxy) is 2. The topological polar surface area (TPSA) is 83.8 Å². The van der Waals surface area contributed by atoms with Crippen molar-refractivity contribution >= 4 is 75.3 Å². The van der Waals surface area contributed by atoms with Crippen LogP contribution in [0.25, 0.3) is 0 Å². The number of benzene rings is 1. The van der Waals surface area contributed by atoms with E-state index in [1.807, 2.05) is 26.2 Å². The van der Waals surface area contributed by atoms with E-state index in [0.29, 0.717) is 19.6 Å². The van der Waals surface area contributed by atoms with E-state index in [4.69, 9.17) is 14.3 Å².